The summed E-state index contributed by atoms with van der Waals surface area (Å²) < 4.78 is 22.8. The van der Waals surface area contributed by atoms with E-state index < -0.39 is 5.79 Å². The molecule has 4 aromatic rings. The zero-order valence-electron chi connectivity index (χ0n) is 21.7. The van der Waals surface area contributed by atoms with E-state index in [1.165, 1.54) is 11.8 Å². The smallest absolute Gasteiger partial charge is 0.226 e. The molecule has 1 aliphatic rings. The lowest BCUT2D eigenvalue weighted by atomic mass is 9.97. The highest BCUT2D eigenvalue weighted by Crippen LogP contribution is 2.37. The number of hydrogen-bond acceptors (Lipinski definition) is 10. The third kappa shape index (κ3) is 6.06. The van der Waals surface area contributed by atoms with Crippen LogP contribution in [0, 0.1) is 22.7 Å². The Balaban J connectivity index is 1.35. The second-order valence-electron chi connectivity index (χ2n) is 9.38. The van der Waals surface area contributed by atoms with Gasteiger partial charge in [0.1, 0.15) is 53.3 Å². The highest BCUT2D eigenvalue weighted by atomic mass is 35.5. The summed E-state index contributed by atoms with van der Waals surface area (Å²) in [6.45, 7) is 4.51. The average Bonchev–Trinajstić information content (AvgIpc) is 3.56. The second kappa shape index (κ2) is 11.6. The summed E-state index contributed by atoms with van der Waals surface area (Å²) >= 11 is 7.25. The van der Waals surface area contributed by atoms with E-state index in [-0.39, 0.29) is 23.0 Å². The number of anilines is 1. The molecular formula is C29H24ClN5O4S. The average molecular weight is 574 g/mol. The Labute approximate surface area is 240 Å². The van der Waals surface area contributed by atoms with Crippen molar-refractivity contribution in [2.24, 2.45) is 0 Å². The third-order valence-electron chi connectivity index (χ3n) is 6.06. The first-order chi connectivity index (χ1) is 19.3. The van der Waals surface area contributed by atoms with Crippen molar-refractivity contribution in [3.8, 4) is 40.5 Å². The number of oxazole rings is 1. The van der Waals surface area contributed by atoms with Crippen LogP contribution >= 0.6 is 23.4 Å². The first kappa shape index (κ1) is 27.5. The number of rotatable bonds is 8. The molecule has 5 rings (SSSR count). The number of benzene rings is 2. The van der Waals surface area contributed by atoms with Crippen molar-refractivity contribution in [1.82, 2.24) is 9.97 Å². The number of halogens is 1. The summed E-state index contributed by atoms with van der Waals surface area (Å²) in [6, 6.07) is 18.6. The van der Waals surface area contributed by atoms with Gasteiger partial charge < -0.3 is 24.4 Å². The van der Waals surface area contributed by atoms with Gasteiger partial charge in [-0.3, -0.25) is 0 Å². The molecule has 202 valence electrons. The van der Waals surface area contributed by atoms with Gasteiger partial charge in [0.2, 0.25) is 5.89 Å². The van der Waals surface area contributed by atoms with Gasteiger partial charge in [0.25, 0.3) is 0 Å². The van der Waals surface area contributed by atoms with Crippen LogP contribution in [0.3, 0.4) is 0 Å². The van der Waals surface area contributed by atoms with Crippen LogP contribution in [0.1, 0.15) is 30.7 Å². The van der Waals surface area contributed by atoms with Crippen molar-refractivity contribution >= 4 is 29.2 Å². The van der Waals surface area contributed by atoms with Gasteiger partial charge in [-0.2, -0.15) is 10.5 Å². The zero-order valence-corrected chi connectivity index (χ0v) is 23.3. The molecule has 1 atom stereocenters. The number of thioether (sulfide) groups is 1. The van der Waals surface area contributed by atoms with Crippen LogP contribution in [0.5, 0.6) is 5.75 Å². The number of nitrogens with zero attached hydrogens (tertiary/aromatic N) is 4. The predicted molar refractivity (Wildman–Crippen MR) is 150 cm³/mol. The van der Waals surface area contributed by atoms with E-state index in [1.807, 2.05) is 26.0 Å². The maximum absolute atomic E-state index is 10.1. The van der Waals surface area contributed by atoms with Gasteiger partial charge >= 0.3 is 0 Å². The van der Waals surface area contributed by atoms with Gasteiger partial charge in [0.05, 0.1) is 17.9 Å². The lowest BCUT2D eigenvalue weighted by Crippen LogP contribution is -2.25. The van der Waals surface area contributed by atoms with E-state index in [2.05, 4.69) is 22.1 Å². The molecule has 40 heavy (non-hydrogen) atoms. The number of hydrogen-bond donors (Lipinski definition) is 1. The van der Waals surface area contributed by atoms with E-state index in [0.717, 1.165) is 5.56 Å². The van der Waals surface area contributed by atoms with Crippen molar-refractivity contribution in [3.63, 3.8) is 0 Å². The lowest BCUT2D eigenvalue weighted by Gasteiger charge is -2.17. The van der Waals surface area contributed by atoms with Crippen LogP contribution in [0.2, 0.25) is 5.02 Å². The highest BCUT2D eigenvalue weighted by molar-refractivity contribution is 7.98. The molecule has 9 nitrogen and oxygen atoms in total. The molecule has 0 aliphatic carbocycles. The Hall–Kier alpha value is -4.06. The number of nitriles is 2. The fraction of sp³-hybridized carbons (Fsp3) is 0.241. The fourth-order valence-electron chi connectivity index (χ4n) is 4.18. The molecular weight excluding hydrogens is 550 g/mol. The van der Waals surface area contributed by atoms with E-state index in [1.54, 1.807) is 42.7 Å². The topological polar surface area (TPSA) is 140 Å². The maximum atomic E-state index is 10.1. The third-order valence-corrected chi connectivity index (χ3v) is 7.32. The van der Waals surface area contributed by atoms with Crippen LogP contribution in [-0.4, -0.2) is 35.1 Å². The molecule has 1 fully saturated rings. The summed E-state index contributed by atoms with van der Waals surface area (Å²) in [5.41, 5.74) is 9.08. The molecule has 2 aromatic carbocycles. The molecule has 0 amide bonds. The molecule has 0 spiro atoms. The van der Waals surface area contributed by atoms with Crippen molar-refractivity contribution in [3.05, 3.63) is 76.6 Å². The molecule has 3 heterocycles. The molecule has 1 aliphatic heterocycles. The second-order valence-corrected chi connectivity index (χ2v) is 10.8. The Kier molecular flexibility index (Phi) is 7.97. The minimum absolute atomic E-state index is 0.0438. The number of pyridine rings is 1. The van der Waals surface area contributed by atoms with Gasteiger partial charge in [0, 0.05) is 21.9 Å². The fourth-order valence-corrected chi connectivity index (χ4v) is 5.18. The molecule has 0 unspecified atom stereocenters. The quantitative estimate of drug-likeness (QED) is 0.242. The Morgan fingerprint density at radius 2 is 1.75 bits per heavy atom. The molecule has 0 bridgehead atoms. The summed E-state index contributed by atoms with van der Waals surface area (Å²) in [5.74, 6) is 0.873. The number of aromatic nitrogens is 2. The summed E-state index contributed by atoms with van der Waals surface area (Å²) in [5, 5.41) is 21.0. The van der Waals surface area contributed by atoms with Crippen LogP contribution in [-0.2, 0) is 15.2 Å². The molecule has 0 radical (unpaired) electrons. The first-order valence-electron chi connectivity index (χ1n) is 12.3. The molecule has 2 N–H and O–H groups in total. The van der Waals surface area contributed by atoms with Crippen LogP contribution in [0.15, 0.2) is 64.2 Å². The number of nitrogen functional groups attached to an aromatic ring is 1. The largest absolute Gasteiger partial charge is 0.491 e. The van der Waals surface area contributed by atoms with E-state index >= 15 is 0 Å². The van der Waals surface area contributed by atoms with Crippen molar-refractivity contribution < 1.29 is 18.6 Å². The lowest BCUT2D eigenvalue weighted by molar-refractivity contribution is -0.141. The summed E-state index contributed by atoms with van der Waals surface area (Å²) in [6.07, 6.45) is 1.39. The van der Waals surface area contributed by atoms with Crippen molar-refractivity contribution in [2.45, 2.75) is 36.5 Å². The van der Waals surface area contributed by atoms with Crippen molar-refractivity contribution in [2.75, 3.05) is 18.9 Å². The van der Waals surface area contributed by atoms with Crippen LogP contribution in [0.4, 0.5) is 5.82 Å². The minimum atomic E-state index is -0.622. The summed E-state index contributed by atoms with van der Waals surface area (Å²) in [7, 11) is 0. The van der Waals surface area contributed by atoms with Gasteiger partial charge in [-0.05, 0) is 55.8 Å². The zero-order chi connectivity index (χ0) is 28.3. The standard InChI is InChI=1S/C29H24ClN5O4S/c1-29(2)38-15-22(39-29)14-36-21-9-5-17(6-10-21)25-23(11-31)26(33)35-28(24(25)12-32)40-16-20-13-37-27(34-20)18-3-7-19(30)8-4-18/h3-10,13,22H,14-16H2,1-2H3,(H2,33,35)/t22-/m0/s1. The van der Waals surface area contributed by atoms with Gasteiger partial charge in [0.15, 0.2) is 5.79 Å². The first-order valence-corrected chi connectivity index (χ1v) is 13.6. The van der Waals surface area contributed by atoms with Crippen LogP contribution < -0.4 is 10.5 Å². The monoisotopic (exact) mass is 573 g/mol. The van der Waals surface area contributed by atoms with Gasteiger partial charge in [-0.25, -0.2) is 9.97 Å². The van der Waals surface area contributed by atoms with E-state index in [0.29, 0.717) is 57.5 Å². The normalized spacial score (nSPS) is 15.9. The Morgan fingerprint density at radius 3 is 2.40 bits per heavy atom. The van der Waals surface area contributed by atoms with E-state index in [4.69, 9.17) is 36.0 Å². The minimum Gasteiger partial charge on any atom is -0.491 e. The maximum Gasteiger partial charge on any atom is 0.226 e. The number of nitrogens with two attached hydrogens (primary N) is 1. The highest BCUT2D eigenvalue weighted by Gasteiger charge is 2.33. The van der Waals surface area contributed by atoms with Gasteiger partial charge in [-0.1, -0.05) is 35.5 Å². The molecule has 1 saturated heterocycles. The Morgan fingerprint density at radius 1 is 1.05 bits per heavy atom. The molecule has 0 saturated carbocycles. The molecule has 11 heteroatoms. The predicted octanol–water partition coefficient (Wildman–Crippen LogP) is 6.21. The van der Waals surface area contributed by atoms with Crippen molar-refractivity contribution in [1.29, 1.82) is 10.5 Å². The van der Waals surface area contributed by atoms with E-state index in [9.17, 15) is 10.5 Å². The molecule has 2 aromatic heterocycles. The van der Waals surface area contributed by atoms with Crippen LogP contribution in [0.25, 0.3) is 22.6 Å². The number of ether oxygens (including phenoxy) is 3. The Bertz CT molecular complexity index is 1610. The van der Waals surface area contributed by atoms with Gasteiger partial charge in [-0.15, -0.1) is 0 Å². The SMILES string of the molecule is CC1(C)OC[C@H](COc2ccc(-c3c(C#N)c(N)nc(SCc4coc(-c5ccc(Cl)cc5)n4)c3C#N)cc2)O1. The summed E-state index contributed by atoms with van der Waals surface area (Å²) in [4.78, 5) is 8.89.